The van der Waals surface area contributed by atoms with E-state index in [1.54, 1.807) is 0 Å². The molecular weight excluding hydrogens is 262 g/mol. The van der Waals surface area contributed by atoms with E-state index in [-0.39, 0.29) is 29.3 Å². The quantitative estimate of drug-likeness (QED) is 0.628. The van der Waals surface area contributed by atoms with Crippen molar-refractivity contribution in [2.75, 3.05) is 6.54 Å². The van der Waals surface area contributed by atoms with E-state index in [1.807, 2.05) is 13.8 Å². The molecule has 2 amide bonds. The van der Waals surface area contributed by atoms with Crippen LogP contribution in [0, 0.1) is 11.3 Å². The van der Waals surface area contributed by atoms with Crippen molar-refractivity contribution < 1.29 is 9.59 Å². The predicted octanol–water partition coefficient (Wildman–Crippen LogP) is 0.720. The fourth-order valence-electron chi connectivity index (χ4n) is 2.48. The smallest absolute Gasteiger partial charge is 0.233 e. The molecule has 0 unspecified atom stereocenters. The van der Waals surface area contributed by atoms with Crippen molar-refractivity contribution in [2.45, 2.75) is 46.1 Å². The van der Waals surface area contributed by atoms with Crippen LogP contribution in [0.4, 0.5) is 0 Å². The highest BCUT2D eigenvalue weighted by Gasteiger charge is 2.50. The normalized spacial score (nSPS) is 25.6. The summed E-state index contributed by atoms with van der Waals surface area (Å²) < 4.78 is 0. The van der Waals surface area contributed by atoms with Crippen LogP contribution in [0.25, 0.3) is 0 Å². The molecule has 0 atom stereocenters. The minimum Gasteiger partial charge on any atom is -0.392 e. The summed E-state index contributed by atoms with van der Waals surface area (Å²) in [6, 6.07) is 0.110. The first-order chi connectivity index (χ1) is 8.78. The van der Waals surface area contributed by atoms with Crippen molar-refractivity contribution >= 4 is 29.0 Å². The summed E-state index contributed by atoms with van der Waals surface area (Å²) in [6.07, 6.45) is 1.67. The van der Waals surface area contributed by atoms with E-state index in [9.17, 15) is 9.59 Å². The van der Waals surface area contributed by atoms with Gasteiger partial charge in [-0.05, 0) is 32.6 Å². The Bertz CT molecular complexity index is 376. The Hall–Kier alpha value is -1.17. The van der Waals surface area contributed by atoms with Gasteiger partial charge < -0.3 is 16.4 Å². The summed E-state index contributed by atoms with van der Waals surface area (Å²) in [5, 5.41) is 5.54. The van der Waals surface area contributed by atoms with E-state index in [2.05, 4.69) is 17.6 Å². The molecule has 0 heterocycles. The molecule has 0 saturated heterocycles. The Morgan fingerprint density at radius 3 is 2.42 bits per heavy atom. The first kappa shape index (κ1) is 15.9. The molecule has 0 aromatic carbocycles. The minimum absolute atomic E-state index is 0.0679. The SMILES string of the molecule is CC1CC(C(=O)NCCC(=O)NC(C)C)(C(N)=S)C1. The fraction of sp³-hybridized carbons (Fsp3) is 0.769. The van der Waals surface area contributed by atoms with Crippen molar-refractivity contribution in [2.24, 2.45) is 17.1 Å². The van der Waals surface area contributed by atoms with E-state index in [0.717, 1.165) is 0 Å². The number of hydrogen-bond acceptors (Lipinski definition) is 3. The predicted molar refractivity (Wildman–Crippen MR) is 78.5 cm³/mol. The van der Waals surface area contributed by atoms with Crippen LogP contribution in [-0.4, -0.2) is 29.4 Å². The molecule has 0 radical (unpaired) electrons. The maximum atomic E-state index is 12.1. The van der Waals surface area contributed by atoms with Crippen LogP contribution in [0.5, 0.6) is 0 Å². The van der Waals surface area contributed by atoms with E-state index < -0.39 is 5.41 Å². The van der Waals surface area contributed by atoms with Gasteiger partial charge in [0.15, 0.2) is 0 Å². The summed E-state index contributed by atoms with van der Waals surface area (Å²) in [6.45, 7) is 6.18. The second-order valence-corrected chi connectivity index (χ2v) is 6.13. The molecule has 1 rings (SSSR count). The average Bonchev–Trinajstić information content (AvgIpc) is 2.22. The summed E-state index contributed by atoms with van der Waals surface area (Å²) in [5.74, 6) is 0.258. The molecule has 0 spiro atoms. The van der Waals surface area contributed by atoms with Crippen LogP contribution in [0.1, 0.15) is 40.0 Å². The number of nitrogens with one attached hydrogen (secondary N) is 2. The average molecular weight is 285 g/mol. The van der Waals surface area contributed by atoms with Gasteiger partial charge >= 0.3 is 0 Å². The summed E-state index contributed by atoms with van der Waals surface area (Å²) >= 11 is 5.01. The van der Waals surface area contributed by atoms with Gasteiger partial charge in [-0.15, -0.1) is 0 Å². The molecule has 1 fully saturated rings. The van der Waals surface area contributed by atoms with E-state index >= 15 is 0 Å². The summed E-state index contributed by atoms with van der Waals surface area (Å²) in [4.78, 5) is 23.8. The van der Waals surface area contributed by atoms with E-state index in [1.165, 1.54) is 0 Å². The number of hydrogen-bond donors (Lipinski definition) is 3. The van der Waals surface area contributed by atoms with Crippen molar-refractivity contribution in [1.82, 2.24) is 10.6 Å². The maximum Gasteiger partial charge on any atom is 0.233 e. The third-order valence-corrected chi connectivity index (χ3v) is 3.78. The van der Waals surface area contributed by atoms with Gasteiger partial charge in [0.25, 0.3) is 0 Å². The molecule has 4 N–H and O–H groups in total. The first-order valence-corrected chi connectivity index (χ1v) is 7.06. The number of carbonyl (C=O) groups is 2. The van der Waals surface area contributed by atoms with Gasteiger partial charge in [0.2, 0.25) is 11.8 Å². The van der Waals surface area contributed by atoms with Gasteiger partial charge in [-0.3, -0.25) is 9.59 Å². The first-order valence-electron chi connectivity index (χ1n) is 6.65. The number of thiocarbonyl (C=S) groups is 1. The minimum atomic E-state index is -0.691. The van der Waals surface area contributed by atoms with Crippen LogP contribution in [0.3, 0.4) is 0 Å². The molecular formula is C13H23N3O2S. The number of amides is 2. The largest absolute Gasteiger partial charge is 0.392 e. The molecule has 0 aromatic heterocycles. The van der Waals surface area contributed by atoms with Crippen LogP contribution < -0.4 is 16.4 Å². The molecule has 1 aliphatic rings. The van der Waals surface area contributed by atoms with E-state index in [0.29, 0.717) is 25.3 Å². The lowest BCUT2D eigenvalue weighted by Gasteiger charge is -2.44. The van der Waals surface area contributed by atoms with Crippen LogP contribution in [0.15, 0.2) is 0 Å². The third-order valence-electron chi connectivity index (χ3n) is 3.39. The zero-order valence-corrected chi connectivity index (χ0v) is 12.6. The Kier molecular flexibility index (Phi) is 5.29. The van der Waals surface area contributed by atoms with Crippen LogP contribution >= 0.6 is 12.2 Å². The number of rotatable bonds is 6. The zero-order valence-electron chi connectivity index (χ0n) is 11.8. The van der Waals surface area contributed by atoms with Gasteiger partial charge in [0, 0.05) is 19.0 Å². The van der Waals surface area contributed by atoms with Crippen molar-refractivity contribution in [3.63, 3.8) is 0 Å². The Morgan fingerprint density at radius 1 is 1.42 bits per heavy atom. The molecule has 5 nitrogen and oxygen atoms in total. The molecule has 1 aliphatic carbocycles. The molecule has 0 bridgehead atoms. The van der Waals surface area contributed by atoms with Crippen molar-refractivity contribution in [3.8, 4) is 0 Å². The lowest BCUT2D eigenvalue weighted by molar-refractivity contribution is -0.132. The van der Waals surface area contributed by atoms with Crippen molar-refractivity contribution in [3.05, 3.63) is 0 Å². The lowest BCUT2D eigenvalue weighted by atomic mass is 9.62. The molecule has 0 aromatic rings. The fourth-order valence-corrected chi connectivity index (χ4v) is 2.74. The van der Waals surface area contributed by atoms with E-state index in [4.69, 9.17) is 18.0 Å². The standard InChI is InChI=1S/C13H23N3O2S/c1-8(2)16-10(17)4-5-15-12(18)13(11(14)19)6-9(3)7-13/h8-9H,4-7H2,1-3H3,(H2,14,19)(H,15,18)(H,16,17). The van der Waals surface area contributed by atoms with Gasteiger partial charge in [0.1, 0.15) is 0 Å². The monoisotopic (exact) mass is 285 g/mol. The number of carbonyl (C=O) groups excluding carboxylic acids is 2. The molecule has 108 valence electrons. The highest BCUT2D eigenvalue weighted by atomic mass is 32.1. The topological polar surface area (TPSA) is 84.2 Å². The second-order valence-electron chi connectivity index (χ2n) is 5.69. The summed E-state index contributed by atoms with van der Waals surface area (Å²) in [7, 11) is 0. The third kappa shape index (κ3) is 3.89. The zero-order chi connectivity index (χ0) is 14.6. The van der Waals surface area contributed by atoms with Gasteiger partial charge in [-0.25, -0.2) is 0 Å². The van der Waals surface area contributed by atoms with Gasteiger partial charge in [-0.2, -0.15) is 0 Å². The highest BCUT2D eigenvalue weighted by Crippen LogP contribution is 2.45. The molecule has 0 aliphatic heterocycles. The second kappa shape index (κ2) is 6.32. The Labute approximate surface area is 119 Å². The van der Waals surface area contributed by atoms with Crippen LogP contribution in [-0.2, 0) is 9.59 Å². The van der Waals surface area contributed by atoms with Gasteiger partial charge in [-0.1, -0.05) is 19.1 Å². The maximum absolute atomic E-state index is 12.1. The Morgan fingerprint density at radius 2 is 2.00 bits per heavy atom. The van der Waals surface area contributed by atoms with Crippen LogP contribution in [0.2, 0.25) is 0 Å². The highest BCUT2D eigenvalue weighted by molar-refractivity contribution is 7.80. The lowest BCUT2D eigenvalue weighted by Crippen LogP contribution is -2.56. The molecule has 19 heavy (non-hydrogen) atoms. The van der Waals surface area contributed by atoms with Gasteiger partial charge in [0.05, 0.1) is 10.4 Å². The Balaban J connectivity index is 2.39. The summed E-state index contributed by atoms with van der Waals surface area (Å²) in [5.41, 5.74) is 4.99. The molecule has 1 saturated carbocycles. The number of nitrogens with two attached hydrogens (primary N) is 1. The van der Waals surface area contributed by atoms with Crippen molar-refractivity contribution in [1.29, 1.82) is 0 Å². The molecule has 6 heteroatoms.